The Kier molecular flexibility index (Phi) is 3.32. The number of hydrogen-bond donors (Lipinski definition) is 1. The first-order valence-corrected chi connectivity index (χ1v) is 6.44. The Morgan fingerprint density at radius 3 is 2.52 bits per heavy atom. The molecule has 3 aromatic rings. The average molecular weight is 273 g/mol. The minimum Gasteiger partial charge on any atom is -0.305 e. The van der Waals surface area contributed by atoms with E-state index in [0.717, 1.165) is 10.9 Å². The van der Waals surface area contributed by atoms with Crippen molar-refractivity contribution in [2.75, 3.05) is 5.32 Å². The predicted molar refractivity (Wildman–Crippen MR) is 80.9 cm³/mol. The summed E-state index contributed by atoms with van der Waals surface area (Å²) >= 11 is 0. The number of amides is 1. The van der Waals surface area contributed by atoms with E-state index in [1.165, 1.54) is 0 Å². The number of anilines is 1. The lowest BCUT2D eigenvalue weighted by molar-refractivity contribution is 0.102. The number of pyridine rings is 1. The van der Waals surface area contributed by atoms with Gasteiger partial charge in [0.1, 0.15) is 6.07 Å². The van der Waals surface area contributed by atoms with Gasteiger partial charge < -0.3 is 5.32 Å². The monoisotopic (exact) mass is 273 g/mol. The zero-order chi connectivity index (χ0) is 14.7. The normalized spacial score (nSPS) is 10.0. The van der Waals surface area contributed by atoms with Crippen LogP contribution >= 0.6 is 0 Å². The highest BCUT2D eigenvalue weighted by molar-refractivity contribution is 6.04. The highest BCUT2D eigenvalue weighted by Crippen LogP contribution is 2.20. The number of para-hydroxylation sites is 1. The van der Waals surface area contributed by atoms with Crippen LogP contribution in [0, 0.1) is 11.3 Å². The van der Waals surface area contributed by atoms with E-state index in [0.29, 0.717) is 11.1 Å². The van der Waals surface area contributed by atoms with E-state index in [1.807, 2.05) is 30.3 Å². The molecular formula is C17H11N3O. The van der Waals surface area contributed by atoms with Crippen LogP contribution in [0.5, 0.6) is 0 Å². The summed E-state index contributed by atoms with van der Waals surface area (Å²) in [4.78, 5) is 16.5. The van der Waals surface area contributed by atoms with Gasteiger partial charge in [-0.3, -0.25) is 4.79 Å². The standard InChI is InChI=1S/C17H11N3O/c18-11-14-10-13-8-4-5-9-15(13)19-16(14)20-17(21)12-6-2-1-3-7-12/h1-10H,(H,19,20,21). The molecule has 0 radical (unpaired) electrons. The second-order valence-electron chi connectivity index (χ2n) is 4.51. The van der Waals surface area contributed by atoms with Crippen LogP contribution in [-0.2, 0) is 0 Å². The predicted octanol–water partition coefficient (Wildman–Crippen LogP) is 3.36. The molecule has 1 amide bonds. The number of rotatable bonds is 2. The Hall–Kier alpha value is -3.19. The van der Waals surface area contributed by atoms with E-state index in [9.17, 15) is 10.1 Å². The molecule has 1 heterocycles. The maximum atomic E-state index is 12.2. The Bertz CT molecular complexity index is 851. The van der Waals surface area contributed by atoms with E-state index in [4.69, 9.17) is 0 Å². The highest BCUT2D eigenvalue weighted by Gasteiger charge is 2.11. The van der Waals surface area contributed by atoms with E-state index in [-0.39, 0.29) is 11.7 Å². The molecule has 1 aromatic heterocycles. The molecular weight excluding hydrogens is 262 g/mol. The Balaban J connectivity index is 2.00. The number of fused-ring (bicyclic) bond motifs is 1. The number of nitrogens with one attached hydrogen (secondary N) is 1. The average Bonchev–Trinajstić information content (AvgIpc) is 2.55. The molecule has 21 heavy (non-hydrogen) atoms. The van der Waals surface area contributed by atoms with Gasteiger partial charge in [-0.05, 0) is 24.3 Å². The maximum Gasteiger partial charge on any atom is 0.256 e. The highest BCUT2D eigenvalue weighted by atomic mass is 16.1. The molecule has 0 saturated carbocycles. The van der Waals surface area contributed by atoms with Crippen LogP contribution in [0.1, 0.15) is 15.9 Å². The van der Waals surface area contributed by atoms with Crippen LogP contribution in [-0.4, -0.2) is 10.9 Å². The van der Waals surface area contributed by atoms with Crippen LogP contribution in [0.2, 0.25) is 0 Å². The van der Waals surface area contributed by atoms with Crippen LogP contribution in [0.15, 0.2) is 60.7 Å². The summed E-state index contributed by atoms with van der Waals surface area (Å²) in [6.07, 6.45) is 0. The maximum absolute atomic E-state index is 12.2. The number of hydrogen-bond acceptors (Lipinski definition) is 3. The molecule has 0 fully saturated rings. The second kappa shape index (κ2) is 5.43. The molecule has 0 atom stereocenters. The lowest BCUT2D eigenvalue weighted by Crippen LogP contribution is -2.14. The summed E-state index contributed by atoms with van der Waals surface area (Å²) in [5.41, 5.74) is 1.61. The smallest absolute Gasteiger partial charge is 0.256 e. The van der Waals surface area contributed by atoms with Gasteiger partial charge in [-0.15, -0.1) is 0 Å². The van der Waals surface area contributed by atoms with E-state index < -0.39 is 0 Å². The summed E-state index contributed by atoms with van der Waals surface area (Å²) < 4.78 is 0. The van der Waals surface area contributed by atoms with Crippen molar-refractivity contribution in [2.24, 2.45) is 0 Å². The van der Waals surface area contributed by atoms with Gasteiger partial charge in [-0.25, -0.2) is 4.98 Å². The molecule has 100 valence electrons. The van der Waals surface area contributed by atoms with Crippen molar-refractivity contribution in [3.63, 3.8) is 0 Å². The number of benzene rings is 2. The first-order valence-electron chi connectivity index (χ1n) is 6.44. The number of carbonyl (C=O) groups is 1. The van der Waals surface area contributed by atoms with Crippen LogP contribution < -0.4 is 5.32 Å². The molecule has 4 heteroatoms. The van der Waals surface area contributed by atoms with Crippen molar-refractivity contribution in [3.05, 3.63) is 71.8 Å². The summed E-state index contributed by atoms with van der Waals surface area (Å²) in [7, 11) is 0. The quantitative estimate of drug-likeness (QED) is 0.778. The molecule has 0 aliphatic rings. The van der Waals surface area contributed by atoms with Crippen LogP contribution in [0.25, 0.3) is 10.9 Å². The number of aromatic nitrogens is 1. The Morgan fingerprint density at radius 2 is 1.76 bits per heavy atom. The van der Waals surface area contributed by atoms with Crippen molar-refractivity contribution < 1.29 is 4.79 Å². The van der Waals surface area contributed by atoms with E-state index in [1.54, 1.807) is 30.3 Å². The molecule has 1 N–H and O–H groups in total. The van der Waals surface area contributed by atoms with Crippen molar-refractivity contribution in [1.29, 1.82) is 5.26 Å². The van der Waals surface area contributed by atoms with Crippen molar-refractivity contribution in [3.8, 4) is 6.07 Å². The van der Waals surface area contributed by atoms with Gasteiger partial charge in [-0.1, -0.05) is 36.4 Å². The molecule has 0 aliphatic carbocycles. The number of nitriles is 1. The third kappa shape index (κ3) is 2.58. The van der Waals surface area contributed by atoms with Gasteiger partial charge in [0, 0.05) is 10.9 Å². The van der Waals surface area contributed by atoms with Crippen molar-refractivity contribution >= 4 is 22.6 Å². The van der Waals surface area contributed by atoms with Gasteiger partial charge in [-0.2, -0.15) is 5.26 Å². The van der Waals surface area contributed by atoms with Crippen LogP contribution in [0.3, 0.4) is 0 Å². The molecule has 2 aromatic carbocycles. The first kappa shape index (κ1) is 12.8. The molecule has 0 saturated heterocycles. The van der Waals surface area contributed by atoms with E-state index >= 15 is 0 Å². The van der Waals surface area contributed by atoms with Gasteiger partial charge in [0.05, 0.1) is 11.1 Å². The molecule has 0 spiro atoms. The SMILES string of the molecule is N#Cc1cc2ccccc2nc1NC(=O)c1ccccc1. The topological polar surface area (TPSA) is 65.8 Å². The van der Waals surface area contributed by atoms with Gasteiger partial charge in [0.15, 0.2) is 5.82 Å². The fourth-order valence-corrected chi connectivity index (χ4v) is 2.07. The fourth-order valence-electron chi connectivity index (χ4n) is 2.07. The Morgan fingerprint density at radius 1 is 1.05 bits per heavy atom. The number of nitrogens with zero attached hydrogens (tertiary/aromatic N) is 2. The van der Waals surface area contributed by atoms with E-state index in [2.05, 4.69) is 16.4 Å². The lowest BCUT2D eigenvalue weighted by atomic mass is 10.1. The van der Waals surface area contributed by atoms with Gasteiger partial charge >= 0.3 is 0 Å². The first-order chi connectivity index (χ1) is 10.3. The molecule has 0 aliphatic heterocycles. The second-order valence-corrected chi connectivity index (χ2v) is 4.51. The van der Waals surface area contributed by atoms with Crippen molar-refractivity contribution in [2.45, 2.75) is 0 Å². The molecule has 0 unspecified atom stereocenters. The van der Waals surface area contributed by atoms with Gasteiger partial charge in [0.2, 0.25) is 0 Å². The summed E-state index contributed by atoms with van der Waals surface area (Å²) in [6, 6.07) is 20.1. The lowest BCUT2D eigenvalue weighted by Gasteiger charge is -2.07. The third-order valence-corrected chi connectivity index (χ3v) is 3.11. The van der Waals surface area contributed by atoms with Crippen molar-refractivity contribution in [1.82, 2.24) is 4.98 Å². The third-order valence-electron chi connectivity index (χ3n) is 3.11. The zero-order valence-electron chi connectivity index (χ0n) is 11.1. The number of carbonyl (C=O) groups excluding carboxylic acids is 1. The Labute approximate surface area is 121 Å². The molecule has 3 rings (SSSR count). The van der Waals surface area contributed by atoms with Gasteiger partial charge in [0.25, 0.3) is 5.91 Å². The minimum atomic E-state index is -0.283. The molecule has 0 bridgehead atoms. The summed E-state index contributed by atoms with van der Waals surface area (Å²) in [5, 5.41) is 12.8. The summed E-state index contributed by atoms with van der Waals surface area (Å²) in [5.74, 6) is -0.0000609. The largest absolute Gasteiger partial charge is 0.305 e. The summed E-state index contributed by atoms with van der Waals surface area (Å²) in [6.45, 7) is 0. The van der Waals surface area contributed by atoms with Crippen LogP contribution in [0.4, 0.5) is 5.82 Å². The molecule has 4 nitrogen and oxygen atoms in total. The zero-order valence-corrected chi connectivity index (χ0v) is 11.1. The minimum absolute atomic E-state index is 0.282. The fraction of sp³-hybridized carbons (Fsp3) is 0.